The van der Waals surface area contributed by atoms with Crippen LogP contribution < -0.4 is 20.3 Å². The van der Waals surface area contributed by atoms with Crippen LogP contribution in [0.1, 0.15) is 18.4 Å². The molecule has 1 fully saturated rings. The number of para-hydroxylation sites is 2. The number of thiocarbonyl (C=S) groups is 1. The van der Waals surface area contributed by atoms with Crippen LogP contribution in [0.5, 0.6) is 11.5 Å². The largest absolute Gasteiger partial charge is 0.497 e. The molecule has 0 aromatic heterocycles. The van der Waals surface area contributed by atoms with Gasteiger partial charge in [0.1, 0.15) is 17.1 Å². The normalized spacial score (nSPS) is 17.7. The molecule has 0 saturated carbocycles. The smallest absolute Gasteiger partial charge is 0.283 e. The molecule has 30 heavy (non-hydrogen) atoms. The van der Waals surface area contributed by atoms with Crippen molar-refractivity contribution in [3.05, 3.63) is 60.2 Å². The summed E-state index contributed by atoms with van der Waals surface area (Å²) in [6.07, 6.45) is 3.72. The summed E-state index contributed by atoms with van der Waals surface area (Å²) in [4.78, 5) is 11.8. The average Bonchev–Trinajstić information content (AvgIpc) is 3.19. The number of rotatable bonds is 5. The summed E-state index contributed by atoms with van der Waals surface area (Å²) < 4.78 is 10.6. The molecule has 2 heterocycles. The highest BCUT2D eigenvalue weighted by Crippen LogP contribution is 2.35. The van der Waals surface area contributed by atoms with Crippen molar-refractivity contribution in [2.45, 2.75) is 18.4 Å². The van der Waals surface area contributed by atoms with Gasteiger partial charge in [-0.2, -0.15) is 0 Å². The third kappa shape index (κ3) is 4.51. The first kappa shape index (κ1) is 20.5. The minimum absolute atomic E-state index is 0.286. The van der Waals surface area contributed by atoms with Crippen LogP contribution in [-0.4, -0.2) is 43.1 Å². The van der Waals surface area contributed by atoms with Gasteiger partial charge in [0.2, 0.25) is 0 Å². The number of methoxy groups -OCH3 is 2. The zero-order valence-electron chi connectivity index (χ0n) is 17.0. The molecule has 7 nitrogen and oxygen atoms in total. The highest BCUT2D eigenvalue weighted by Gasteiger charge is 2.39. The predicted molar refractivity (Wildman–Crippen MR) is 119 cm³/mol. The van der Waals surface area contributed by atoms with Crippen LogP contribution in [0.3, 0.4) is 0 Å². The minimum atomic E-state index is -0.351. The number of hydroxylamine groups is 3. The van der Waals surface area contributed by atoms with E-state index >= 15 is 0 Å². The lowest BCUT2D eigenvalue weighted by molar-refractivity contribution is -0.142. The molecule has 0 amide bonds. The fourth-order valence-corrected chi connectivity index (χ4v) is 3.83. The number of piperidine rings is 1. The van der Waals surface area contributed by atoms with E-state index in [1.165, 1.54) is 0 Å². The molecule has 0 aliphatic carbocycles. The van der Waals surface area contributed by atoms with E-state index in [0.29, 0.717) is 18.8 Å². The number of hydrogen-bond acceptors (Lipinski definition) is 7. The van der Waals surface area contributed by atoms with Crippen molar-refractivity contribution >= 4 is 28.8 Å². The summed E-state index contributed by atoms with van der Waals surface area (Å²) in [5.74, 6) is 1.53. The Morgan fingerprint density at radius 3 is 2.67 bits per heavy atom. The number of nitrogens with zero attached hydrogens (tertiary/aromatic N) is 1. The zero-order valence-corrected chi connectivity index (χ0v) is 17.8. The molecule has 0 radical (unpaired) electrons. The van der Waals surface area contributed by atoms with Crippen molar-refractivity contribution in [2.24, 2.45) is 0 Å². The van der Waals surface area contributed by atoms with Crippen molar-refractivity contribution in [1.29, 1.82) is 0 Å². The molecular weight excluding hydrogens is 402 g/mol. The monoisotopic (exact) mass is 427 g/mol. The van der Waals surface area contributed by atoms with E-state index in [0.717, 1.165) is 35.5 Å². The van der Waals surface area contributed by atoms with E-state index in [9.17, 15) is 0 Å². The highest BCUT2D eigenvalue weighted by atomic mass is 32.1. The van der Waals surface area contributed by atoms with E-state index in [1.54, 1.807) is 14.2 Å². The lowest BCUT2D eigenvalue weighted by Crippen LogP contribution is -2.45. The van der Waals surface area contributed by atoms with E-state index in [4.69, 9.17) is 31.4 Å². The maximum atomic E-state index is 5.97. The number of nitrogens with one attached hydrogen (secondary N) is 2. The van der Waals surface area contributed by atoms with Gasteiger partial charge in [0.15, 0.2) is 0 Å². The molecular formula is C22H25N3O4S. The molecule has 2 aliphatic heterocycles. The van der Waals surface area contributed by atoms with Gasteiger partial charge in [-0.25, -0.2) is 0 Å². The Labute approximate surface area is 181 Å². The SMILES string of the molecule is COc1cccc(C2=CC3(CCN(OC(=S)Nc4ccccc4OC)CC3)ON2)c1. The fraction of sp³-hybridized carbons (Fsp3) is 0.318. The highest BCUT2D eigenvalue weighted by molar-refractivity contribution is 7.80. The number of benzene rings is 2. The lowest BCUT2D eigenvalue weighted by atomic mass is 9.91. The second kappa shape index (κ2) is 8.91. The second-order valence-corrected chi connectivity index (χ2v) is 7.56. The molecule has 158 valence electrons. The van der Waals surface area contributed by atoms with Gasteiger partial charge in [0.25, 0.3) is 5.17 Å². The van der Waals surface area contributed by atoms with Crippen LogP contribution in [0.4, 0.5) is 5.69 Å². The molecule has 4 rings (SSSR count). The van der Waals surface area contributed by atoms with Crippen LogP contribution in [0.2, 0.25) is 0 Å². The molecule has 1 saturated heterocycles. The summed E-state index contributed by atoms with van der Waals surface area (Å²) in [5, 5.41) is 5.23. The fourth-order valence-electron chi connectivity index (χ4n) is 3.61. The van der Waals surface area contributed by atoms with Crippen molar-refractivity contribution in [1.82, 2.24) is 10.5 Å². The van der Waals surface area contributed by atoms with Gasteiger partial charge >= 0.3 is 0 Å². The average molecular weight is 428 g/mol. The van der Waals surface area contributed by atoms with E-state index < -0.39 is 0 Å². The third-order valence-electron chi connectivity index (χ3n) is 5.28. The Morgan fingerprint density at radius 2 is 1.90 bits per heavy atom. The number of ether oxygens (including phenoxy) is 2. The van der Waals surface area contributed by atoms with Crippen molar-refractivity contribution in [2.75, 3.05) is 32.6 Å². The lowest BCUT2D eigenvalue weighted by Gasteiger charge is -2.35. The topological polar surface area (TPSA) is 64.2 Å². The van der Waals surface area contributed by atoms with Crippen LogP contribution in [-0.2, 0) is 9.68 Å². The van der Waals surface area contributed by atoms with Gasteiger partial charge in [-0.3, -0.25) is 10.3 Å². The van der Waals surface area contributed by atoms with Crippen molar-refractivity contribution in [3.63, 3.8) is 0 Å². The first-order valence-corrected chi connectivity index (χ1v) is 10.2. The van der Waals surface area contributed by atoms with Gasteiger partial charge in [0.05, 0.1) is 25.6 Å². The molecule has 8 heteroatoms. The Morgan fingerprint density at radius 1 is 1.10 bits per heavy atom. The Bertz CT molecular complexity index is 941. The van der Waals surface area contributed by atoms with Gasteiger partial charge in [-0.15, -0.1) is 5.06 Å². The second-order valence-electron chi connectivity index (χ2n) is 7.19. The van der Waals surface area contributed by atoms with Crippen LogP contribution in [0.25, 0.3) is 5.70 Å². The number of hydrogen-bond donors (Lipinski definition) is 2. The van der Waals surface area contributed by atoms with Gasteiger partial charge in [0, 0.05) is 18.7 Å². The first-order valence-electron chi connectivity index (χ1n) is 9.79. The summed E-state index contributed by atoms with van der Waals surface area (Å²) in [7, 11) is 3.29. The van der Waals surface area contributed by atoms with E-state index in [1.807, 2.05) is 53.6 Å². The van der Waals surface area contributed by atoms with Gasteiger partial charge in [-0.05, 0) is 55.4 Å². The van der Waals surface area contributed by atoms with Crippen molar-refractivity contribution < 1.29 is 19.1 Å². The summed E-state index contributed by atoms with van der Waals surface area (Å²) in [6, 6.07) is 15.5. The van der Waals surface area contributed by atoms with Gasteiger partial charge < -0.3 is 19.6 Å². The standard InChI is InChI=1S/C22H25N3O4S/c1-26-17-7-5-6-16(14-17)19-15-22(29-24-19)10-12-25(13-11-22)28-21(30)23-18-8-3-4-9-20(18)27-2/h3-9,14-15,24H,10-13H2,1-2H3,(H,23,30). The Kier molecular flexibility index (Phi) is 6.08. The molecule has 0 unspecified atom stereocenters. The zero-order chi connectivity index (χ0) is 21.0. The number of anilines is 1. The van der Waals surface area contributed by atoms with Crippen LogP contribution in [0.15, 0.2) is 54.6 Å². The maximum Gasteiger partial charge on any atom is 0.283 e. The summed E-state index contributed by atoms with van der Waals surface area (Å²) in [5.41, 5.74) is 5.49. The molecule has 2 aliphatic rings. The predicted octanol–water partition coefficient (Wildman–Crippen LogP) is 3.74. The maximum absolute atomic E-state index is 5.97. The molecule has 2 aromatic rings. The summed E-state index contributed by atoms with van der Waals surface area (Å²) >= 11 is 5.36. The Balaban J connectivity index is 1.33. The molecule has 2 N–H and O–H groups in total. The molecule has 0 bridgehead atoms. The Hall–Kier alpha value is -2.81. The first-order chi connectivity index (χ1) is 14.6. The quantitative estimate of drug-likeness (QED) is 0.700. The van der Waals surface area contributed by atoms with Crippen molar-refractivity contribution in [3.8, 4) is 11.5 Å². The summed E-state index contributed by atoms with van der Waals surface area (Å²) in [6.45, 7) is 1.38. The molecule has 2 aromatic carbocycles. The molecule has 1 spiro atoms. The molecule has 0 atom stereocenters. The van der Waals surface area contributed by atoms with Gasteiger partial charge in [-0.1, -0.05) is 24.3 Å². The van der Waals surface area contributed by atoms with Crippen LogP contribution >= 0.6 is 12.2 Å². The third-order valence-corrected chi connectivity index (χ3v) is 5.45. The van der Waals surface area contributed by atoms with Crippen LogP contribution in [0, 0.1) is 0 Å². The van der Waals surface area contributed by atoms with E-state index in [-0.39, 0.29) is 10.8 Å². The van der Waals surface area contributed by atoms with E-state index in [2.05, 4.69) is 16.9 Å². The minimum Gasteiger partial charge on any atom is -0.497 e.